The normalized spacial score (nSPS) is 11.4. The molecule has 0 atom stereocenters. The number of para-hydroxylation sites is 1. The van der Waals surface area contributed by atoms with E-state index in [9.17, 15) is 0 Å². The number of fused-ring (bicyclic) bond motifs is 1. The van der Waals surface area contributed by atoms with Crippen molar-refractivity contribution in [1.29, 1.82) is 0 Å². The number of pyridine rings is 1. The van der Waals surface area contributed by atoms with Crippen molar-refractivity contribution in [3.05, 3.63) is 66.1 Å². The van der Waals surface area contributed by atoms with Crippen molar-refractivity contribution in [2.24, 2.45) is 10.7 Å². The Bertz CT molecular complexity index is 707. The minimum atomic E-state index is 0.570. The topological polar surface area (TPSA) is 51.3 Å². The summed E-state index contributed by atoms with van der Waals surface area (Å²) in [6, 6.07) is 12.3. The van der Waals surface area contributed by atoms with Gasteiger partial charge in [-0.2, -0.15) is 0 Å². The van der Waals surface area contributed by atoms with Crippen LogP contribution in [0.1, 0.15) is 26.0 Å². The SMILES string of the molecule is C=C(N)/C(=C\N=C(C)C)CCc1ccc2ccccc2n1. The standard InChI is InChI=1S/C18H21N3/c1-13(2)20-12-16(14(3)19)9-11-17-10-8-15-6-4-5-7-18(15)21-17/h4-8,10,12H,3,9,11,19H2,1-2H3/b16-12-. The molecule has 2 aromatic rings. The molecular weight excluding hydrogens is 258 g/mol. The van der Waals surface area contributed by atoms with Crippen molar-refractivity contribution in [2.75, 3.05) is 0 Å². The number of nitrogens with two attached hydrogens (primary N) is 1. The number of allylic oxidation sites excluding steroid dienone is 1. The summed E-state index contributed by atoms with van der Waals surface area (Å²) in [5, 5.41) is 1.16. The van der Waals surface area contributed by atoms with Crippen LogP contribution in [0.2, 0.25) is 0 Å². The van der Waals surface area contributed by atoms with Crippen molar-refractivity contribution in [1.82, 2.24) is 4.98 Å². The van der Waals surface area contributed by atoms with Gasteiger partial charge >= 0.3 is 0 Å². The molecule has 3 heteroatoms. The Kier molecular flexibility index (Phi) is 4.88. The van der Waals surface area contributed by atoms with Crippen molar-refractivity contribution >= 4 is 16.6 Å². The van der Waals surface area contributed by atoms with Gasteiger partial charge in [-0.15, -0.1) is 0 Å². The zero-order valence-corrected chi connectivity index (χ0v) is 12.6. The molecule has 0 bridgehead atoms. The molecule has 0 aliphatic rings. The van der Waals surface area contributed by atoms with Crippen LogP contribution < -0.4 is 5.73 Å². The van der Waals surface area contributed by atoms with Crippen LogP contribution in [0.4, 0.5) is 0 Å². The lowest BCUT2D eigenvalue weighted by Crippen LogP contribution is -2.02. The Morgan fingerprint density at radius 2 is 2.00 bits per heavy atom. The van der Waals surface area contributed by atoms with Gasteiger partial charge in [-0.25, -0.2) is 0 Å². The largest absolute Gasteiger partial charge is 0.399 e. The van der Waals surface area contributed by atoms with Crippen LogP contribution in [0.25, 0.3) is 10.9 Å². The summed E-state index contributed by atoms with van der Waals surface area (Å²) < 4.78 is 0. The van der Waals surface area contributed by atoms with Gasteiger partial charge in [0.2, 0.25) is 0 Å². The van der Waals surface area contributed by atoms with Crippen LogP contribution in [0.5, 0.6) is 0 Å². The van der Waals surface area contributed by atoms with E-state index in [2.05, 4.69) is 34.8 Å². The van der Waals surface area contributed by atoms with Gasteiger partial charge in [-0.3, -0.25) is 9.98 Å². The Morgan fingerprint density at radius 3 is 2.71 bits per heavy atom. The van der Waals surface area contributed by atoms with E-state index in [1.54, 1.807) is 6.20 Å². The lowest BCUT2D eigenvalue weighted by molar-refractivity contribution is 0.907. The molecule has 0 radical (unpaired) electrons. The number of aliphatic imine (C=N–C) groups is 1. The van der Waals surface area contributed by atoms with Gasteiger partial charge in [0.15, 0.2) is 0 Å². The fraction of sp³-hybridized carbons (Fsp3) is 0.222. The minimum absolute atomic E-state index is 0.570. The first kappa shape index (κ1) is 15.0. The quantitative estimate of drug-likeness (QED) is 0.664. The molecule has 0 unspecified atom stereocenters. The van der Waals surface area contributed by atoms with E-state index < -0.39 is 0 Å². The van der Waals surface area contributed by atoms with E-state index in [4.69, 9.17) is 5.73 Å². The molecule has 0 saturated heterocycles. The third kappa shape index (κ3) is 4.28. The number of hydrogen-bond donors (Lipinski definition) is 1. The smallest absolute Gasteiger partial charge is 0.0705 e. The third-order valence-electron chi connectivity index (χ3n) is 3.20. The van der Waals surface area contributed by atoms with E-state index in [0.717, 1.165) is 40.7 Å². The van der Waals surface area contributed by atoms with Crippen molar-refractivity contribution in [3.8, 4) is 0 Å². The van der Waals surface area contributed by atoms with Crippen LogP contribution in [0, 0.1) is 0 Å². The monoisotopic (exact) mass is 279 g/mol. The zero-order chi connectivity index (χ0) is 15.2. The second kappa shape index (κ2) is 6.84. The lowest BCUT2D eigenvalue weighted by Gasteiger charge is -2.06. The van der Waals surface area contributed by atoms with E-state index in [1.165, 1.54) is 0 Å². The number of aromatic nitrogens is 1. The number of hydrogen-bond acceptors (Lipinski definition) is 3. The molecule has 108 valence electrons. The molecule has 2 N–H and O–H groups in total. The molecular formula is C18H21N3. The van der Waals surface area contributed by atoms with Gasteiger partial charge in [0.1, 0.15) is 0 Å². The third-order valence-corrected chi connectivity index (χ3v) is 3.20. The van der Waals surface area contributed by atoms with Crippen molar-refractivity contribution in [3.63, 3.8) is 0 Å². The Morgan fingerprint density at radius 1 is 1.24 bits per heavy atom. The first-order valence-electron chi connectivity index (χ1n) is 7.06. The average molecular weight is 279 g/mol. The maximum Gasteiger partial charge on any atom is 0.0705 e. The van der Waals surface area contributed by atoms with Gasteiger partial charge in [0, 0.05) is 28.7 Å². The predicted octanol–water partition coefficient (Wildman–Crippen LogP) is 4.00. The lowest BCUT2D eigenvalue weighted by atomic mass is 10.1. The highest BCUT2D eigenvalue weighted by Gasteiger charge is 2.03. The molecule has 0 aliphatic heterocycles. The highest BCUT2D eigenvalue weighted by atomic mass is 14.7. The first-order valence-corrected chi connectivity index (χ1v) is 7.06. The number of benzene rings is 1. The molecule has 2 rings (SSSR count). The summed E-state index contributed by atoms with van der Waals surface area (Å²) in [6.07, 6.45) is 3.42. The van der Waals surface area contributed by atoms with Gasteiger partial charge in [0.05, 0.1) is 5.52 Å². The predicted molar refractivity (Wildman–Crippen MR) is 90.3 cm³/mol. The zero-order valence-electron chi connectivity index (χ0n) is 12.6. The number of aryl methyl sites for hydroxylation is 1. The highest BCUT2D eigenvalue weighted by Crippen LogP contribution is 2.16. The van der Waals surface area contributed by atoms with Crippen LogP contribution in [0.15, 0.2) is 65.4 Å². The Labute approximate surface area is 125 Å². The number of nitrogens with zero attached hydrogens (tertiary/aromatic N) is 2. The summed E-state index contributed by atoms with van der Waals surface area (Å²) in [6.45, 7) is 7.73. The molecule has 1 aromatic heterocycles. The van der Waals surface area contributed by atoms with Gasteiger partial charge < -0.3 is 5.73 Å². The highest BCUT2D eigenvalue weighted by molar-refractivity contribution is 5.79. The fourth-order valence-electron chi connectivity index (χ4n) is 2.03. The Hall–Kier alpha value is -2.42. The maximum atomic E-state index is 5.83. The fourth-order valence-corrected chi connectivity index (χ4v) is 2.03. The molecule has 0 fully saturated rings. The van der Waals surface area contributed by atoms with E-state index in [1.807, 2.05) is 32.0 Å². The summed E-state index contributed by atoms with van der Waals surface area (Å²) in [4.78, 5) is 8.97. The Balaban J connectivity index is 2.14. The van der Waals surface area contributed by atoms with Gasteiger partial charge in [-0.1, -0.05) is 30.8 Å². The first-order chi connectivity index (χ1) is 10.1. The maximum absolute atomic E-state index is 5.83. The molecule has 0 saturated carbocycles. The molecule has 0 aliphatic carbocycles. The van der Waals surface area contributed by atoms with Crippen LogP contribution >= 0.6 is 0 Å². The van der Waals surface area contributed by atoms with E-state index >= 15 is 0 Å². The minimum Gasteiger partial charge on any atom is -0.399 e. The molecule has 21 heavy (non-hydrogen) atoms. The van der Waals surface area contributed by atoms with E-state index in [0.29, 0.717) is 5.70 Å². The van der Waals surface area contributed by atoms with E-state index in [-0.39, 0.29) is 0 Å². The van der Waals surface area contributed by atoms with Crippen LogP contribution in [-0.2, 0) is 6.42 Å². The molecule has 1 heterocycles. The van der Waals surface area contributed by atoms with Crippen LogP contribution in [-0.4, -0.2) is 10.7 Å². The summed E-state index contributed by atoms with van der Waals surface area (Å²) in [5.41, 5.74) is 10.4. The van der Waals surface area contributed by atoms with Crippen molar-refractivity contribution in [2.45, 2.75) is 26.7 Å². The summed E-state index contributed by atoms with van der Waals surface area (Å²) in [7, 11) is 0. The molecule has 0 spiro atoms. The summed E-state index contributed by atoms with van der Waals surface area (Å²) in [5.74, 6) is 0. The number of rotatable bonds is 5. The average Bonchev–Trinajstić information content (AvgIpc) is 2.46. The van der Waals surface area contributed by atoms with Crippen LogP contribution in [0.3, 0.4) is 0 Å². The molecule has 3 nitrogen and oxygen atoms in total. The second-order valence-corrected chi connectivity index (χ2v) is 5.25. The molecule has 0 amide bonds. The van der Waals surface area contributed by atoms with Gasteiger partial charge in [0.25, 0.3) is 0 Å². The summed E-state index contributed by atoms with van der Waals surface area (Å²) >= 11 is 0. The van der Waals surface area contributed by atoms with Crippen molar-refractivity contribution < 1.29 is 0 Å². The molecule has 1 aromatic carbocycles. The second-order valence-electron chi connectivity index (χ2n) is 5.25. The van der Waals surface area contributed by atoms with Gasteiger partial charge in [-0.05, 0) is 44.4 Å².